The topological polar surface area (TPSA) is 63.6 Å². The molecule has 0 saturated carbocycles. The summed E-state index contributed by atoms with van der Waals surface area (Å²) in [7, 11) is 0. The summed E-state index contributed by atoms with van der Waals surface area (Å²) in [6.07, 6.45) is -0.193. The van der Waals surface area contributed by atoms with Crippen molar-refractivity contribution < 1.29 is 19.4 Å². The molecule has 1 atom stereocenters. The first-order valence-electron chi connectivity index (χ1n) is 5.62. The number of ketones is 1. The highest BCUT2D eigenvalue weighted by Crippen LogP contribution is 2.26. The van der Waals surface area contributed by atoms with Gasteiger partial charge in [-0.05, 0) is 25.5 Å². The number of rotatable bonds is 6. The highest BCUT2D eigenvalue weighted by atomic mass is 79.9. The van der Waals surface area contributed by atoms with E-state index < -0.39 is 5.97 Å². The van der Waals surface area contributed by atoms with E-state index in [0.717, 1.165) is 0 Å². The van der Waals surface area contributed by atoms with E-state index in [0.29, 0.717) is 23.5 Å². The van der Waals surface area contributed by atoms with Crippen LogP contribution in [0.4, 0.5) is 0 Å². The number of Topliss-reactive ketones (excluding diaryl/α,β-unsaturated/α-hetero) is 1. The number of carboxylic acids is 1. The minimum Gasteiger partial charge on any atom is -0.493 e. The van der Waals surface area contributed by atoms with Gasteiger partial charge in [-0.1, -0.05) is 28.1 Å². The molecule has 1 rings (SSSR count). The zero-order valence-electron chi connectivity index (χ0n) is 10.3. The van der Waals surface area contributed by atoms with Crippen LogP contribution in [0.2, 0.25) is 0 Å². The lowest BCUT2D eigenvalue weighted by atomic mass is 9.98. The summed E-state index contributed by atoms with van der Waals surface area (Å²) in [5.74, 6) is -0.706. The number of benzene rings is 1. The van der Waals surface area contributed by atoms with E-state index in [-0.39, 0.29) is 17.0 Å². The highest BCUT2D eigenvalue weighted by Gasteiger charge is 2.21. The van der Waals surface area contributed by atoms with E-state index in [1.807, 2.05) is 6.92 Å². The van der Waals surface area contributed by atoms with E-state index in [2.05, 4.69) is 15.9 Å². The Hall–Kier alpha value is -1.36. The molecule has 98 valence electrons. The van der Waals surface area contributed by atoms with Crippen molar-refractivity contribution in [2.75, 3.05) is 6.61 Å². The van der Waals surface area contributed by atoms with Gasteiger partial charge in [-0.15, -0.1) is 0 Å². The number of ether oxygens (including phenoxy) is 1. The molecule has 0 aliphatic rings. The third-order valence-corrected chi connectivity index (χ3v) is 2.78. The van der Waals surface area contributed by atoms with Gasteiger partial charge in [0.15, 0.2) is 5.78 Å². The minimum absolute atomic E-state index is 0.171. The molecule has 1 aromatic carbocycles. The Kier molecular flexibility index (Phi) is 5.34. The van der Waals surface area contributed by atoms with Crippen molar-refractivity contribution in [1.29, 1.82) is 0 Å². The van der Waals surface area contributed by atoms with Gasteiger partial charge in [-0.3, -0.25) is 9.59 Å². The summed E-state index contributed by atoms with van der Waals surface area (Å²) in [6, 6.07) is 5.01. The molecule has 1 N–H and O–H groups in total. The summed E-state index contributed by atoms with van der Waals surface area (Å²) in [5, 5.41) is 8.87. The average molecular weight is 315 g/mol. The molecule has 18 heavy (non-hydrogen) atoms. The summed E-state index contributed by atoms with van der Waals surface area (Å²) < 4.78 is 5.40. The molecule has 0 aromatic heterocycles. The second-order valence-corrected chi connectivity index (χ2v) is 5.15. The molecule has 0 fully saturated rings. The maximum absolute atomic E-state index is 12.1. The molecule has 4 nitrogen and oxygen atoms in total. The van der Waals surface area contributed by atoms with Crippen LogP contribution in [0.1, 0.15) is 29.8 Å². The van der Waals surface area contributed by atoms with Crippen molar-refractivity contribution >= 4 is 27.7 Å². The van der Waals surface area contributed by atoms with Crippen LogP contribution in [0.15, 0.2) is 18.2 Å². The van der Waals surface area contributed by atoms with Crippen molar-refractivity contribution in [3.63, 3.8) is 0 Å². The fraction of sp³-hybridized carbons (Fsp3) is 0.385. The molecule has 0 bridgehead atoms. The molecule has 0 aliphatic carbocycles. The van der Waals surface area contributed by atoms with Gasteiger partial charge in [-0.25, -0.2) is 0 Å². The smallest absolute Gasteiger partial charge is 0.307 e. The van der Waals surface area contributed by atoms with E-state index in [1.54, 1.807) is 25.1 Å². The Morgan fingerprint density at radius 1 is 1.44 bits per heavy atom. The van der Waals surface area contributed by atoms with Gasteiger partial charge in [0.1, 0.15) is 5.75 Å². The number of hydrogen-bond donors (Lipinski definition) is 1. The molecular formula is C13H15BrO4. The lowest BCUT2D eigenvalue weighted by Crippen LogP contribution is -2.16. The zero-order valence-corrected chi connectivity index (χ0v) is 11.9. The standard InChI is InChI=1S/C13H15BrO4/c1-3-18-10-6-4-5-9(7-11(15)16)12(10)13(17)8(2)14/h4-6,8H,3,7H2,1-2H3,(H,15,16). The first kappa shape index (κ1) is 14.7. The van der Waals surface area contributed by atoms with Crippen LogP contribution in [0.3, 0.4) is 0 Å². The number of aliphatic carboxylic acids is 1. The first-order chi connectivity index (χ1) is 8.47. The van der Waals surface area contributed by atoms with Gasteiger partial charge >= 0.3 is 5.97 Å². The van der Waals surface area contributed by atoms with Crippen LogP contribution in [-0.4, -0.2) is 28.3 Å². The molecular weight excluding hydrogens is 300 g/mol. The second-order valence-electron chi connectivity index (χ2n) is 3.77. The van der Waals surface area contributed by atoms with Crippen molar-refractivity contribution in [3.8, 4) is 5.75 Å². The number of carbonyl (C=O) groups is 2. The molecule has 0 amide bonds. The predicted octanol–water partition coefficient (Wildman–Crippen LogP) is 2.68. The summed E-state index contributed by atoms with van der Waals surface area (Å²) in [6.45, 7) is 3.94. The monoisotopic (exact) mass is 314 g/mol. The Bertz CT molecular complexity index is 454. The molecule has 1 unspecified atom stereocenters. The highest BCUT2D eigenvalue weighted by molar-refractivity contribution is 9.10. The van der Waals surface area contributed by atoms with Gasteiger partial charge in [-0.2, -0.15) is 0 Å². The van der Waals surface area contributed by atoms with Crippen LogP contribution in [-0.2, 0) is 11.2 Å². The second kappa shape index (κ2) is 6.54. The SMILES string of the molecule is CCOc1cccc(CC(=O)O)c1C(=O)C(C)Br. The molecule has 1 aromatic rings. The molecule has 0 heterocycles. The van der Waals surface area contributed by atoms with Crippen molar-refractivity contribution in [2.24, 2.45) is 0 Å². The van der Waals surface area contributed by atoms with Crippen LogP contribution in [0.25, 0.3) is 0 Å². The third-order valence-electron chi connectivity index (χ3n) is 2.36. The van der Waals surface area contributed by atoms with E-state index >= 15 is 0 Å². The van der Waals surface area contributed by atoms with Crippen LogP contribution >= 0.6 is 15.9 Å². The van der Waals surface area contributed by atoms with Gasteiger partial charge in [0.05, 0.1) is 23.4 Å². The Morgan fingerprint density at radius 3 is 2.61 bits per heavy atom. The maximum atomic E-state index is 12.1. The minimum atomic E-state index is -0.972. The first-order valence-corrected chi connectivity index (χ1v) is 6.53. The molecule has 0 spiro atoms. The van der Waals surface area contributed by atoms with Gasteiger partial charge in [0, 0.05) is 0 Å². The quantitative estimate of drug-likeness (QED) is 0.647. The predicted molar refractivity (Wildman–Crippen MR) is 71.7 cm³/mol. The lowest BCUT2D eigenvalue weighted by Gasteiger charge is -2.14. The summed E-state index contributed by atoms with van der Waals surface area (Å²) >= 11 is 3.21. The largest absolute Gasteiger partial charge is 0.493 e. The average Bonchev–Trinajstić information content (AvgIpc) is 2.28. The number of hydrogen-bond acceptors (Lipinski definition) is 3. The van der Waals surface area contributed by atoms with Crippen LogP contribution in [0.5, 0.6) is 5.75 Å². The lowest BCUT2D eigenvalue weighted by molar-refractivity contribution is -0.136. The van der Waals surface area contributed by atoms with Crippen LogP contribution in [0, 0.1) is 0 Å². The fourth-order valence-electron chi connectivity index (χ4n) is 1.64. The van der Waals surface area contributed by atoms with E-state index in [9.17, 15) is 9.59 Å². The molecule has 5 heteroatoms. The molecule has 0 aliphatic heterocycles. The van der Waals surface area contributed by atoms with Gasteiger partial charge in [0.25, 0.3) is 0 Å². The molecule has 0 saturated heterocycles. The number of halogens is 1. The van der Waals surface area contributed by atoms with Crippen LogP contribution < -0.4 is 4.74 Å². The Balaban J connectivity index is 3.28. The zero-order chi connectivity index (χ0) is 13.7. The number of carbonyl (C=O) groups excluding carboxylic acids is 1. The molecule has 0 radical (unpaired) electrons. The fourth-order valence-corrected chi connectivity index (χ4v) is 1.87. The maximum Gasteiger partial charge on any atom is 0.307 e. The number of carboxylic acid groups (broad SMARTS) is 1. The van der Waals surface area contributed by atoms with Crippen molar-refractivity contribution in [3.05, 3.63) is 29.3 Å². The summed E-state index contributed by atoms with van der Waals surface area (Å²) in [5.41, 5.74) is 0.830. The summed E-state index contributed by atoms with van der Waals surface area (Å²) in [4.78, 5) is 22.6. The Labute approximate surface area is 114 Å². The van der Waals surface area contributed by atoms with Crippen molar-refractivity contribution in [2.45, 2.75) is 25.1 Å². The normalized spacial score (nSPS) is 11.9. The van der Waals surface area contributed by atoms with Crippen molar-refractivity contribution in [1.82, 2.24) is 0 Å². The third kappa shape index (κ3) is 3.57. The van der Waals surface area contributed by atoms with Gasteiger partial charge < -0.3 is 9.84 Å². The van der Waals surface area contributed by atoms with Gasteiger partial charge in [0.2, 0.25) is 0 Å². The van der Waals surface area contributed by atoms with E-state index in [4.69, 9.17) is 9.84 Å². The number of alkyl halides is 1. The Morgan fingerprint density at radius 2 is 2.11 bits per heavy atom. The van der Waals surface area contributed by atoms with E-state index in [1.165, 1.54) is 0 Å².